The van der Waals surface area contributed by atoms with Gasteiger partial charge in [0.05, 0.1) is 25.2 Å². The molecule has 4 aromatic carbocycles. The molecule has 2 atom stereocenters. The van der Waals surface area contributed by atoms with E-state index in [0.29, 0.717) is 87.1 Å². The van der Waals surface area contributed by atoms with Crippen LogP contribution in [0.1, 0.15) is 136 Å². The van der Waals surface area contributed by atoms with Crippen LogP contribution in [0, 0.1) is 0 Å². The minimum Gasteiger partial charge on any atom is -0.479 e. The van der Waals surface area contributed by atoms with Crippen molar-refractivity contribution in [3.63, 3.8) is 0 Å². The van der Waals surface area contributed by atoms with Gasteiger partial charge in [-0.2, -0.15) is 0 Å². The largest absolute Gasteiger partial charge is 0.479 e. The Bertz CT molecular complexity index is 2800. The number of amidine groups is 2. The van der Waals surface area contributed by atoms with Crippen LogP contribution >= 0.6 is 34.8 Å². The molecule has 0 radical (unpaired) electrons. The molecule has 0 aliphatic carbocycles. The average molecular weight is 1220 g/mol. The molecule has 0 aromatic heterocycles. The van der Waals surface area contributed by atoms with Gasteiger partial charge in [0.1, 0.15) is 23.2 Å². The molecule has 8 rings (SSSR count). The third kappa shape index (κ3) is 19.6. The Morgan fingerprint density at radius 2 is 0.940 bits per heavy atom. The maximum atomic E-state index is 13.8. The molecule has 2 fully saturated rings. The van der Waals surface area contributed by atoms with Gasteiger partial charge in [0.15, 0.2) is 22.8 Å². The number of ether oxygens (including phenoxy) is 2. The summed E-state index contributed by atoms with van der Waals surface area (Å²) in [7, 11) is 0. The first kappa shape index (κ1) is 69.5. The third-order valence-corrected chi connectivity index (χ3v) is 16.6. The molecule has 18 heteroatoms. The number of nitrogens with zero attached hydrogens (tertiary/aromatic N) is 8. The molecule has 1 N–H and O–H groups in total. The van der Waals surface area contributed by atoms with Crippen molar-refractivity contribution >= 4 is 69.2 Å². The molecule has 15 nitrogen and oxygen atoms in total. The minimum absolute atomic E-state index is 0.0616. The van der Waals surface area contributed by atoms with Crippen molar-refractivity contribution in [3.05, 3.63) is 129 Å². The number of aliphatic imine (C=N–C) groups is 2. The minimum atomic E-state index is -1.12. The number of rotatable bonds is 19. The lowest BCUT2D eigenvalue weighted by Crippen LogP contribution is -2.63. The summed E-state index contributed by atoms with van der Waals surface area (Å²) in [4.78, 5) is 73.9. The van der Waals surface area contributed by atoms with Crippen LogP contribution < -0.4 is 14.8 Å². The Labute approximate surface area is 517 Å². The second-order valence-electron chi connectivity index (χ2n) is 23.6. The van der Waals surface area contributed by atoms with E-state index in [9.17, 15) is 19.2 Å². The smallest absolute Gasteiger partial charge is 0.271 e. The zero-order chi connectivity index (χ0) is 62.1. The molecule has 1 amide bonds. The number of hydrogen-bond donors (Lipinski definition) is 1. The van der Waals surface area contributed by atoms with Gasteiger partial charge in [-0.15, -0.1) is 0 Å². The highest BCUT2D eigenvalue weighted by molar-refractivity contribution is 6.65. The number of ketones is 2. The van der Waals surface area contributed by atoms with Crippen LogP contribution in [-0.2, 0) is 9.59 Å². The van der Waals surface area contributed by atoms with E-state index < -0.39 is 16.4 Å². The molecule has 0 saturated carbocycles. The Morgan fingerprint density at radius 3 is 1.30 bits per heavy atom. The molecule has 4 aromatic rings. The highest BCUT2D eigenvalue weighted by Crippen LogP contribution is 2.28. The van der Waals surface area contributed by atoms with Crippen molar-refractivity contribution in [1.82, 2.24) is 34.7 Å². The first-order valence-electron chi connectivity index (χ1n) is 30.0. The van der Waals surface area contributed by atoms with Crippen molar-refractivity contribution in [2.24, 2.45) is 9.98 Å². The van der Waals surface area contributed by atoms with Gasteiger partial charge >= 0.3 is 0 Å². The van der Waals surface area contributed by atoms with Crippen molar-refractivity contribution < 1.29 is 28.7 Å². The number of nitrogens with one attached hydrogen (secondary N) is 1. The summed E-state index contributed by atoms with van der Waals surface area (Å²) in [5.74, 6) is 2.72. The van der Waals surface area contributed by atoms with Crippen LogP contribution in [-0.4, -0.2) is 196 Å². The van der Waals surface area contributed by atoms with Gasteiger partial charge in [0.25, 0.3) is 11.1 Å². The zero-order valence-corrected chi connectivity index (χ0v) is 54.8. The van der Waals surface area contributed by atoms with Gasteiger partial charge in [-0.25, -0.2) is 0 Å². The molecule has 0 spiro atoms. The second kappa shape index (κ2) is 32.5. The molecule has 460 valence electrons. The summed E-state index contributed by atoms with van der Waals surface area (Å²) in [5, 5.41) is 4.02. The van der Waals surface area contributed by atoms with Crippen LogP contribution in [0.5, 0.6) is 11.5 Å². The van der Waals surface area contributed by atoms with Crippen LogP contribution in [0.15, 0.2) is 107 Å². The second-order valence-corrected chi connectivity index (χ2v) is 24.8. The van der Waals surface area contributed by atoms with Crippen molar-refractivity contribution in [1.29, 1.82) is 0 Å². The predicted molar refractivity (Wildman–Crippen MR) is 345 cm³/mol. The van der Waals surface area contributed by atoms with Crippen molar-refractivity contribution in [2.75, 3.05) is 85.1 Å². The van der Waals surface area contributed by atoms with E-state index in [1.807, 2.05) is 4.90 Å². The van der Waals surface area contributed by atoms with E-state index in [2.05, 4.69) is 111 Å². The normalized spacial score (nSPS) is 18.1. The number of halogens is 3. The first-order chi connectivity index (χ1) is 39.7. The Kier molecular flexibility index (Phi) is 26.9. The fourth-order valence-corrected chi connectivity index (χ4v) is 10.7. The van der Waals surface area contributed by atoms with E-state index >= 15 is 0 Å². The van der Waals surface area contributed by atoms with Gasteiger partial charge in [0, 0.05) is 109 Å². The SMILES string of the molecule is CC(C)(Oc1ccc(C(=O)c2ccc(Cl)cc2)cc1)C(=O)Cl.CC(C)N1CCN(C(C)C)C(C2=NCCN2)C1.CC(C)N1CCN(C(C)C)C(C2=NCCN2C(=O)C(C)(C)Oc2ccc(C(=O)c3ccc(Cl)cc3)cc2)C1.CCN(CC)CC. The maximum Gasteiger partial charge on any atom is 0.271 e. The van der Waals surface area contributed by atoms with Crippen LogP contribution in [0.3, 0.4) is 0 Å². The van der Waals surface area contributed by atoms with Crippen LogP contribution in [0.4, 0.5) is 0 Å². The van der Waals surface area contributed by atoms with E-state index in [-0.39, 0.29) is 23.5 Å². The highest BCUT2D eigenvalue weighted by atomic mass is 35.5. The number of amides is 1. The number of benzene rings is 4. The van der Waals surface area contributed by atoms with E-state index in [0.717, 1.165) is 51.6 Å². The Balaban J connectivity index is 0.000000236. The molecule has 4 aliphatic rings. The fraction of sp³-hybridized carbons (Fsp3) is 0.545. The Morgan fingerprint density at radius 1 is 0.548 bits per heavy atom. The number of hydrogen-bond acceptors (Lipinski definition) is 14. The summed E-state index contributed by atoms with van der Waals surface area (Å²) in [6.45, 7) is 44.2. The third-order valence-electron chi connectivity index (χ3n) is 15.6. The summed E-state index contributed by atoms with van der Waals surface area (Å²) < 4.78 is 11.7. The molecule has 0 bridgehead atoms. The monoisotopic (exact) mass is 1210 g/mol. The number of carbonyl (C=O) groups excluding carboxylic acids is 4. The van der Waals surface area contributed by atoms with Gasteiger partial charge in [-0.1, -0.05) is 44.0 Å². The lowest BCUT2D eigenvalue weighted by Gasteiger charge is -2.46. The molecule has 84 heavy (non-hydrogen) atoms. The number of carbonyl (C=O) groups is 4. The van der Waals surface area contributed by atoms with Crippen LogP contribution in [0.25, 0.3) is 0 Å². The van der Waals surface area contributed by atoms with E-state index in [4.69, 9.17) is 49.3 Å². The van der Waals surface area contributed by atoms with Gasteiger partial charge in [-0.05, 0) is 211 Å². The molecule has 4 heterocycles. The van der Waals surface area contributed by atoms with E-state index in [1.165, 1.54) is 32.0 Å². The topological polar surface area (TPSA) is 143 Å². The van der Waals surface area contributed by atoms with Gasteiger partial charge in [0.2, 0.25) is 0 Å². The maximum absolute atomic E-state index is 13.8. The van der Waals surface area contributed by atoms with Gasteiger partial charge in [-0.3, -0.25) is 53.7 Å². The summed E-state index contributed by atoms with van der Waals surface area (Å²) in [5.41, 5.74) is -0.0586. The lowest BCUT2D eigenvalue weighted by molar-refractivity contribution is -0.141. The predicted octanol–water partition coefficient (Wildman–Crippen LogP) is 11.4. The quantitative estimate of drug-likeness (QED) is 0.0705. The first-order valence-corrected chi connectivity index (χ1v) is 31.1. The molecule has 2 unspecified atom stereocenters. The van der Waals surface area contributed by atoms with Crippen molar-refractivity contribution in [2.45, 2.75) is 151 Å². The standard InChI is InChI=1S/C30H39ClN4O3.C17H14Cl2O3.C13H26N4.C6H15N/c1-20(2)33-17-18-34(21(3)4)26(19-33)28-32-15-16-35(28)29(37)30(5,6)38-25-13-9-23(10-14-25)27(36)22-7-11-24(31)12-8-22;1-17(2,16(19)21)22-14-9-5-12(6-10-14)15(20)11-3-7-13(18)8-4-11;1-10(2)16-7-8-17(11(3)4)12(9-16)13-14-5-6-15-13;1-4-7(5-2)6-3/h7-14,20-21,26H,15-19H2,1-6H3;3-10H,1-2H3;10-12H,5-9H2,1-4H3,(H,14,15);4-6H2,1-3H3. The molecular weight excluding hydrogens is 1120 g/mol. The summed E-state index contributed by atoms with van der Waals surface area (Å²) >= 11 is 17.2. The molecule has 4 aliphatic heterocycles. The fourth-order valence-electron chi connectivity index (χ4n) is 10.4. The highest BCUT2D eigenvalue weighted by Gasteiger charge is 2.43. The summed E-state index contributed by atoms with van der Waals surface area (Å²) in [6.07, 6.45) is 0. The zero-order valence-electron chi connectivity index (χ0n) is 52.6. The van der Waals surface area contributed by atoms with Crippen molar-refractivity contribution in [3.8, 4) is 11.5 Å². The molecule has 2 saturated heterocycles. The summed E-state index contributed by atoms with van der Waals surface area (Å²) in [6, 6.07) is 29.5. The molecular formula is C66H94Cl3N9O6. The number of piperazine rings is 2. The van der Waals surface area contributed by atoms with Gasteiger partial charge < -0.3 is 19.7 Å². The lowest BCUT2D eigenvalue weighted by atomic mass is 10.0. The Hall–Kier alpha value is -5.23. The van der Waals surface area contributed by atoms with E-state index in [1.54, 1.807) is 125 Å². The average Bonchev–Trinajstić information content (AvgIpc) is 4.28. The van der Waals surface area contributed by atoms with Crippen LogP contribution in [0.2, 0.25) is 10.0 Å².